The molecule has 1 heterocycles. The van der Waals surface area contributed by atoms with Gasteiger partial charge in [-0.1, -0.05) is 6.92 Å². The van der Waals surface area contributed by atoms with Gasteiger partial charge in [-0.3, -0.25) is 9.78 Å². The lowest BCUT2D eigenvalue weighted by Gasteiger charge is -2.06. The molecule has 1 aromatic rings. The van der Waals surface area contributed by atoms with Crippen molar-refractivity contribution in [1.82, 2.24) is 4.98 Å². The molecule has 88 valence electrons. The van der Waals surface area contributed by atoms with E-state index < -0.39 is 0 Å². The van der Waals surface area contributed by atoms with Gasteiger partial charge in [-0.15, -0.1) is 0 Å². The second-order valence-corrected chi connectivity index (χ2v) is 4.12. The first-order valence-electron chi connectivity index (χ1n) is 5.21. The number of anilines is 1. The van der Waals surface area contributed by atoms with Crippen molar-refractivity contribution >= 4 is 27.5 Å². The van der Waals surface area contributed by atoms with Crippen molar-refractivity contribution in [2.24, 2.45) is 0 Å². The van der Waals surface area contributed by atoms with Crippen LogP contribution in [0.15, 0.2) is 22.9 Å². The van der Waals surface area contributed by atoms with E-state index in [1.54, 1.807) is 18.5 Å². The number of hydrogen-bond acceptors (Lipinski definition) is 3. The highest BCUT2D eigenvalue weighted by Gasteiger charge is 2.04. The van der Waals surface area contributed by atoms with Crippen LogP contribution in [0.5, 0.6) is 0 Å². The number of carbonyl (C=O) groups excluding carboxylic acids is 1. The summed E-state index contributed by atoms with van der Waals surface area (Å²) in [6.07, 6.45) is 4.61. The number of hydrogen-bond donors (Lipinski definition) is 1. The molecule has 5 heteroatoms. The van der Waals surface area contributed by atoms with E-state index in [9.17, 15) is 4.79 Å². The van der Waals surface area contributed by atoms with Gasteiger partial charge in [0.1, 0.15) is 0 Å². The van der Waals surface area contributed by atoms with E-state index in [0.29, 0.717) is 19.6 Å². The maximum Gasteiger partial charge on any atom is 0.226 e. The number of pyridine rings is 1. The van der Waals surface area contributed by atoms with Gasteiger partial charge in [0.2, 0.25) is 5.91 Å². The monoisotopic (exact) mass is 286 g/mol. The van der Waals surface area contributed by atoms with Crippen molar-refractivity contribution in [3.63, 3.8) is 0 Å². The maximum absolute atomic E-state index is 11.5. The third kappa shape index (κ3) is 4.72. The zero-order valence-corrected chi connectivity index (χ0v) is 10.8. The van der Waals surface area contributed by atoms with Crippen LogP contribution in [0.25, 0.3) is 0 Å². The molecular weight excluding hydrogens is 272 g/mol. The average Bonchev–Trinajstić information content (AvgIpc) is 2.28. The van der Waals surface area contributed by atoms with Crippen LogP contribution in [0.1, 0.15) is 19.8 Å². The molecule has 0 radical (unpaired) electrons. The molecule has 0 bridgehead atoms. The van der Waals surface area contributed by atoms with Crippen LogP contribution in [0.3, 0.4) is 0 Å². The van der Waals surface area contributed by atoms with Crippen molar-refractivity contribution < 1.29 is 9.53 Å². The van der Waals surface area contributed by atoms with E-state index in [1.165, 1.54) is 0 Å². The van der Waals surface area contributed by atoms with Crippen LogP contribution >= 0.6 is 15.9 Å². The molecule has 0 atom stereocenters. The Morgan fingerprint density at radius 3 is 3.06 bits per heavy atom. The van der Waals surface area contributed by atoms with Crippen LogP contribution < -0.4 is 5.32 Å². The standard InChI is InChI=1S/C11H15BrN2O2/c1-2-6-16-7-4-11(15)14-10-3-5-13-8-9(10)12/h3,5,8H,2,4,6-7H2,1H3,(H,13,14,15). The van der Waals surface area contributed by atoms with Crippen molar-refractivity contribution in [3.8, 4) is 0 Å². The summed E-state index contributed by atoms with van der Waals surface area (Å²) < 4.78 is 6.01. The fourth-order valence-electron chi connectivity index (χ4n) is 1.10. The number of halogens is 1. The van der Waals surface area contributed by atoms with Crippen LogP contribution in [-0.4, -0.2) is 24.1 Å². The molecule has 0 aromatic carbocycles. The molecule has 0 fully saturated rings. The fourth-order valence-corrected chi connectivity index (χ4v) is 1.45. The molecular formula is C11H15BrN2O2. The normalized spacial score (nSPS) is 10.1. The molecule has 0 spiro atoms. The molecule has 0 saturated heterocycles. The minimum absolute atomic E-state index is 0.0528. The Bertz CT molecular complexity index is 345. The lowest BCUT2D eigenvalue weighted by atomic mass is 10.3. The van der Waals surface area contributed by atoms with Crippen molar-refractivity contribution in [2.45, 2.75) is 19.8 Å². The molecule has 16 heavy (non-hydrogen) atoms. The van der Waals surface area contributed by atoms with E-state index in [2.05, 4.69) is 26.2 Å². The molecule has 0 unspecified atom stereocenters. The summed E-state index contributed by atoms with van der Waals surface area (Å²) in [5, 5.41) is 2.78. The molecule has 0 aliphatic heterocycles. The first kappa shape index (κ1) is 13.1. The molecule has 1 N–H and O–H groups in total. The molecule has 0 saturated carbocycles. The van der Waals surface area contributed by atoms with E-state index in [1.807, 2.05) is 6.92 Å². The second-order valence-electron chi connectivity index (χ2n) is 3.27. The summed E-state index contributed by atoms with van der Waals surface area (Å²) in [6, 6.07) is 1.74. The Morgan fingerprint density at radius 2 is 2.38 bits per heavy atom. The maximum atomic E-state index is 11.5. The van der Waals surface area contributed by atoms with E-state index in [4.69, 9.17) is 4.74 Å². The Hall–Kier alpha value is -0.940. The molecule has 1 aromatic heterocycles. The Labute approximate surface area is 104 Å². The fraction of sp³-hybridized carbons (Fsp3) is 0.455. The number of rotatable bonds is 6. The number of aromatic nitrogens is 1. The highest BCUT2D eigenvalue weighted by molar-refractivity contribution is 9.10. The van der Waals surface area contributed by atoms with Gasteiger partial charge in [-0.05, 0) is 28.4 Å². The zero-order valence-electron chi connectivity index (χ0n) is 9.20. The van der Waals surface area contributed by atoms with Crippen LogP contribution in [0.2, 0.25) is 0 Å². The molecule has 0 aliphatic rings. The highest BCUT2D eigenvalue weighted by Crippen LogP contribution is 2.19. The van der Waals surface area contributed by atoms with Gasteiger partial charge in [0.15, 0.2) is 0 Å². The van der Waals surface area contributed by atoms with E-state index in [0.717, 1.165) is 16.6 Å². The van der Waals surface area contributed by atoms with Gasteiger partial charge in [0.25, 0.3) is 0 Å². The van der Waals surface area contributed by atoms with Gasteiger partial charge < -0.3 is 10.1 Å². The minimum Gasteiger partial charge on any atom is -0.381 e. The molecule has 1 amide bonds. The summed E-state index contributed by atoms with van der Waals surface area (Å²) in [4.78, 5) is 15.4. The average molecular weight is 287 g/mol. The van der Waals surface area contributed by atoms with Crippen molar-refractivity contribution in [3.05, 3.63) is 22.9 Å². The number of nitrogens with zero attached hydrogens (tertiary/aromatic N) is 1. The predicted molar refractivity (Wildman–Crippen MR) is 66.3 cm³/mol. The number of amides is 1. The number of ether oxygens (including phenoxy) is 1. The van der Waals surface area contributed by atoms with Crippen LogP contribution in [0, 0.1) is 0 Å². The Balaban J connectivity index is 2.32. The molecule has 1 rings (SSSR count). The topological polar surface area (TPSA) is 51.2 Å². The summed E-state index contributed by atoms with van der Waals surface area (Å²) in [5.74, 6) is -0.0528. The van der Waals surface area contributed by atoms with Gasteiger partial charge in [0, 0.05) is 19.0 Å². The Morgan fingerprint density at radius 1 is 1.56 bits per heavy atom. The molecule has 4 nitrogen and oxygen atoms in total. The summed E-state index contributed by atoms with van der Waals surface area (Å²) in [6.45, 7) is 3.20. The summed E-state index contributed by atoms with van der Waals surface area (Å²) in [5.41, 5.74) is 0.732. The predicted octanol–water partition coefficient (Wildman–Crippen LogP) is 2.60. The van der Waals surface area contributed by atoms with E-state index >= 15 is 0 Å². The summed E-state index contributed by atoms with van der Waals surface area (Å²) >= 11 is 3.31. The SMILES string of the molecule is CCCOCCC(=O)Nc1ccncc1Br. The first-order chi connectivity index (χ1) is 7.74. The van der Waals surface area contributed by atoms with Gasteiger partial charge >= 0.3 is 0 Å². The van der Waals surface area contributed by atoms with Crippen molar-refractivity contribution in [2.75, 3.05) is 18.5 Å². The lowest BCUT2D eigenvalue weighted by Crippen LogP contribution is -2.14. The van der Waals surface area contributed by atoms with Gasteiger partial charge in [-0.25, -0.2) is 0 Å². The van der Waals surface area contributed by atoms with Crippen LogP contribution in [0.4, 0.5) is 5.69 Å². The first-order valence-corrected chi connectivity index (χ1v) is 6.00. The van der Waals surface area contributed by atoms with Gasteiger partial charge in [-0.2, -0.15) is 0 Å². The minimum atomic E-state index is -0.0528. The third-order valence-corrected chi connectivity index (χ3v) is 2.50. The third-order valence-electron chi connectivity index (χ3n) is 1.87. The zero-order chi connectivity index (χ0) is 11.8. The van der Waals surface area contributed by atoms with E-state index in [-0.39, 0.29) is 5.91 Å². The van der Waals surface area contributed by atoms with Crippen molar-refractivity contribution in [1.29, 1.82) is 0 Å². The quantitative estimate of drug-likeness (QED) is 0.818. The molecule has 0 aliphatic carbocycles. The smallest absolute Gasteiger partial charge is 0.226 e. The van der Waals surface area contributed by atoms with Crippen LogP contribution in [-0.2, 0) is 9.53 Å². The second kappa shape index (κ2) is 7.35. The summed E-state index contributed by atoms with van der Waals surface area (Å²) in [7, 11) is 0. The number of nitrogens with one attached hydrogen (secondary N) is 1. The van der Waals surface area contributed by atoms with Gasteiger partial charge in [0.05, 0.1) is 23.2 Å². The Kier molecular flexibility index (Phi) is 6.03. The largest absolute Gasteiger partial charge is 0.381 e. The lowest BCUT2D eigenvalue weighted by molar-refractivity contribution is -0.117. The highest BCUT2D eigenvalue weighted by atomic mass is 79.9. The number of carbonyl (C=O) groups is 1.